The van der Waals surface area contributed by atoms with Crippen LogP contribution in [0.1, 0.15) is 5.56 Å². The fourth-order valence-electron chi connectivity index (χ4n) is 1.25. The first kappa shape index (κ1) is 13.6. The number of aliphatic carboxylic acids is 1. The van der Waals surface area contributed by atoms with E-state index in [1.807, 2.05) is 0 Å². The van der Waals surface area contributed by atoms with Crippen molar-refractivity contribution in [3.8, 4) is 5.75 Å². The molecule has 17 heavy (non-hydrogen) atoms. The molecule has 3 N–H and O–H groups in total. The first-order valence-electron chi connectivity index (χ1n) is 4.51. The van der Waals surface area contributed by atoms with Gasteiger partial charge in [-0.15, -0.1) is 0 Å². The lowest BCUT2D eigenvalue weighted by Gasteiger charge is -2.09. The smallest absolute Gasteiger partial charge is 0.321 e. The summed E-state index contributed by atoms with van der Waals surface area (Å²) in [6, 6.07) is 2.96. The Kier molecular flexibility index (Phi) is 4.63. The molecule has 0 aliphatic heterocycles. The lowest BCUT2D eigenvalue weighted by molar-refractivity contribution is -0.385. The van der Waals surface area contributed by atoms with Gasteiger partial charge in [-0.2, -0.15) is 0 Å². The van der Waals surface area contributed by atoms with Crippen molar-refractivity contribution in [3.05, 3.63) is 33.9 Å². The van der Waals surface area contributed by atoms with Gasteiger partial charge in [-0.3, -0.25) is 14.9 Å². The van der Waals surface area contributed by atoms with Gasteiger partial charge in [0.2, 0.25) is 0 Å². The molecule has 1 aromatic carbocycles. The van der Waals surface area contributed by atoms with Gasteiger partial charge in [0, 0.05) is 28.9 Å². The largest absolute Gasteiger partial charge is 0.502 e. The maximum absolute atomic E-state index is 10.8. The molecule has 0 aliphatic carbocycles. The van der Waals surface area contributed by atoms with E-state index in [0.717, 1.165) is 0 Å². The topological polar surface area (TPSA) is 113 Å². The SMILES string of the molecule is O=C(O)C(Cc1ccc(O)c([N+](=O)[O-])c1)NI. The highest BCUT2D eigenvalue weighted by Crippen LogP contribution is 2.26. The number of aromatic hydroxyl groups is 1. The summed E-state index contributed by atoms with van der Waals surface area (Å²) in [7, 11) is 0. The average molecular weight is 352 g/mol. The van der Waals surface area contributed by atoms with Crippen LogP contribution in [-0.4, -0.2) is 27.1 Å². The molecule has 0 amide bonds. The summed E-state index contributed by atoms with van der Waals surface area (Å²) in [5, 5.41) is 28.6. The highest BCUT2D eigenvalue weighted by Gasteiger charge is 2.19. The van der Waals surface area contributed by atoms with Gasteiger partial charge in [-0.1, -0.05) is 6.07 Å². The fraction of sp³-hybridized carbons (Fsp3) is 0.222. The third-order valence-electron chi connectivity index (χ3n) is 2.11. The van der Waals surface area contributed by atoms with Gasteiger partial charge in [0.1, 0.15) is 6.04 Å². The molecule has 92 valence electrons. The van der Waals surface area contributed by atoms with Gasteiger partial charge in [0.05, 0.1) is 4.92 Å². The van der Waals surface area contributed by atoms with E-state index in [0.29, 0.717) is 5.56 Å². The van der Waals surface area contributed by atoms with Gasteiger partial charge in [-0.05, 0) is 18.1 Å². The zero-order valence-corrected chi connectivity index (χ0v) is 10.6. The zero-order chi connectivity index (χ0) is 13.0. The minimum atomic E-state index is -1.05. The number of carboxylic acid groups (broad SMARTS) is 1. The third-order valence-corrected chi connectivity index (χ3v) is 2.86. The average Bonchev–Trinajstić information content (AvgIpc) is 2.27. The van der Waals surface area contributed by atoms with Crippen molar-refractivity contribution in [2.45, 2.75) is 12.5 Å². The second kappa shape index (κ2) is 5.77. The summed E-state index contributed by atoms with van der Waals surface area (Å²) in [5.74, 6) is -1.48. The minimum absolute atomic E-state index is 0.0966. The van der Waals surface area contributed by atoms with Gasteiger partial charge in [-0.25, -0.2) is 3.53 Å². The van der Waals surface area contributed by atoms with E-state index < -0.39 is 28.4 Å². The van der Waals surface area contributed by atoms with Crippen molar-refractivity contribution in [2.75, 3.05) is 0 Å². The lowest BCUT2D eigenvalue weighted by Crippen LogP contribution is -2.32. The van der Waals surface area contributed by atoms with Crippen molar-refractivity contribution in [2.24, 2.45) is 0 Å². The van der Waals surface area contributed by atoms with Gasteiger partial charge < -0.3 is 10.2 Å². The third kappa shape index (κ3) is 3.53. The number of nitrogens with zero attached hydrogens (tertiary/aromatic N) is 1. The van der Waals surface area contributed by atoms with Crippen LogP contribution in [0.4, 0.5) is 5.69 Å². The molecule has 1 unspecified atom stereocenters. The molecular formula is C9H9IN2O5. The predicted molar refractivity (Wildman–Crippen MR) is 67.0 cm³/mol. The number of benzene rings is 1. The number of phenolic OH excluding ortho intramolecular Hbond substituents is 1. The molecule has 1 rings (SSSR count). The molecule has 1 atom stereocenters. The Morgan fingerprint density at radius 2 is 2.24 bits per heavy atom. The molecule has 1 aromatic rings. The number of rotatable bonds is 5. The molecule has 0 fully saturated rings. The summed E-state index contributed by atoms with van der Waals surface area (Å²) < 4.78 is 2.55. The molecule has 0 heterocycles. The second-order valence-electron chi connectivity index (χ2n) is 3.28. The first-order valence-corrected chi connectivity index (χ1v) is 5.59. The molecule has 0 radical (unpaired) electrons. The monoisotopic (exact) mass is 352 g/mol. The quantitative estimate of drug-likeness (QED) is 0.318. The molecule has 0 aromatic heterocycles. The number of hydrogen-bond acceptors (Lipinski definition) is 5. The molecule has 7 nitrogen and oxygen atoms in total. The number of nitrogens with one attached hydrogen (secondary N) is 1. The predicted octanol–water partition coefficient (Wildman–Crippen LogP) is 1.24. The number of hydrogen-bond donors (Lipinski definition) is 3. The molecule has 0 aliphatic rings. The van der Waals surface area contributed by atoms with E-state index in [-0.39, 0.29) is 6.42 Å². The Morgan fingerprint density at radius 1 is 1.59 bits per heavy atom. The highest BCUT2D eigenvalue weighted by molar-refractivity contribution is 14.1. The number of carbonyl (C=O) groups is 1. The van der Waals surface area contributed by atoms with Crippen molar-refractivity contribution < 1.29 is 19.9 Å². The number of nitro benzene ring substituents is 1. The fourth-order valence-corrected chi connectivity index (χ4v) is 1.74. The second-order valence-corrected chi connectivity index (χ2v) is 3.91. The molecule has 8 heteroatoms. The Bertz CT molecular complexity index is 451. The maximum atomic E-state index is 10.8. The van der Waals surface area contributed by atoms with E-state index in [1.54, 1.807) is 22.9 Å². The van der Waals surface area contributed by atoms with Crippen LogP contribution in [0.3, 0.4) is 0 Å². The van der Waals surface area contributed by atoms with Crippen LogP contribution in [0.5, 0.6) is 5.75 Å². The molecule has 0 saturated carbocycles. The number of carboxylic acids is 1. The van der Waals surface area contributed by atoms with Crippen LogP contribution < -0.4 is 3.53 Å². The summed E-state index contributed by atoms with van der Waals surface area (Å²) in [5.41, 5.74) is 0.0335. The minimum Gasteiger partial charge on any atom is -0.502 e. The van der Waals surface area contributed by atoms with Gasteiger partial charge in [0.25, 0.3) is 0 Å². The van der Waals surface area contributed by atoms with Crippen LogP contribution in [0.25, 0.3) is 0 Å². The van der Waals surface area contributed by atoms with E-state index in [1.165, 1.54) is 18.2 Å². The summed E-state index contributed by atoms with van der Waals surface area (Å²) >= 11 is 1.71. The Hall–Kier alpha value is -1.42. The highest BCUT2D eigenvalue weighted by atomic mass is 127. The van der Waals surface area contributed by atoms with E-state index in [9.17, 15) is 20.0 Å². The molecule has 0 bridgehead atoms. The first-order chi connectivity index (χ1) is 7.95. The van der Waals surface area contributed by atoms with Crippen molar-refractivity contribution in [1.82, 2.24) is 3.53 Å². The van der Waals surface area contributed by atoms with Crippen LogP contribution >= 0.6 is 22.9 Å². The zero-order valence-electron chi connectivity index (χ0n) is 8.46. The molecule has 0 saturated heterocycles. The van der Waals surface area contributed by atoms with Crippen LogP contribution in [-0.2, 0) is 11.2 Å². The van der Waals surface area contributed by atoms with Crippen molar-refractivity contribution in [3.63, 3.8) is 0 Å². The van der Waals surface area contributed by atoms with E-state index >= 15 is 0 Å². The Labute approximate surface area is 110 Å². The summed E-state index contributed by atoms with van der Waals surface area (Å²) in [6.45, 7) is 0. The summed E-state index contributed by atoms with van der Waals surface area (Å²) in [4.78, 5) is 20.6. The van der Waals surface area contributed by atoms with Crippen molar-refractivity contribution >= 4 is 34.5 Å². The normalized spacial score (nSPS) is 12.1. The Morgan fingerprint density at radius 3 is 2.71 bits per heavy atom. The van der Waals surface area contributed by atoms with Gasteiger partial charge >= 0.3 is 11.7 Å². The van der Waals surface area contributed by atoms with E-state index in [2.05, 4.69) is 3.53 Å². The Balaban J connectivity index is 2.96. The standard InChI is InChI=1S/C9H9IN2O5/c10-11-6(9(14)15)3-5-1-2-8(13)7(4-5)12(16)17/h1-2,4,6,11,13H,3H2,(H,14,15). The number of phenols is 1. The summed E-state index contributed by atoms with van der Waals surface area (Å²) in [6.07, 6.45) is 0.0966. The number of halogens is 1. The van der Waals surface area contributed by atoms with Crippen LogP contribution in [0.15, 0.2) is 18.2 Å². The van der Waals surface area contributed by atoms with Crippen molar-refractivity contribution in [1.29, 1.82) is 0 Å². The van der Waals surface area contributed by atoms with Crippen LogP contribution in [0, 0.1) is 10.1 Å². The number of nitro groups is 1. The van der Waals surface area contributed by atoms with E-state index in [4.69, 9.17) is 5.11 Å². The maximum Gasteiger partial charge on any atom is 0.321 e. The molecule has 0 spiro atoms. The molecular weight excluding hydrogens is 343 g/mol. The lowest BCUT2D eigenvalue weighted by atomic mass is 10.1. The van der Waals surface area contributed by atoms with Crippen LogP contribution in [0.2, 0.25) is 0 Å². The van der Waals surface area contributed by atoms with Gasteiger partial charge in [0.15, 0.2) is 5.75 Å².